The van der Waals surface area contributed by atoms with Gasteiger partial charge in [-0.2, -0.15) is 0 Å². The highest BCUT2D eigenvalue weighted by molar-refractivity contribution is 5.58. The first-order valence-electron chi connectivity index (χ1n) is 18.1. The fourth-order valence-corrected chi connectivity index (χ4v) is 5.69. The van der Waals surface area contributed by atoms with Crippen molar-refractivity contribution in [3.05, 3.63) is 194 Å². The molecule has 0 aliphatic rings. The maximum absolute atomic E-state index is 6.50. The molecule has 280 valence electrons. The van der Waals surface area contributed by atoms with Crippen molar-refractivity contribution in [1.29, 1.82) is 0 Å². The highest BCUT2D eigenvalue weighted by Gasteiger charge is 2.18. The summed E-state index contributed by atoms with van der Waals surface area (Å²) in [6.07, 6.45) is 0. The number of hydrogen-bond donors (Lipinski definition) is 2. The number of rotatable bonds is 14. The van der Waals surface area contributed by atoms with E-state index in [9.17, 15) is 0 Å². The SMILES string of the molecule is Nc1ccccc1Oc1ccccc1Oc1ccccc1Oc1ccccc1Oc1ccccc1Oc1ccccc1Oc1ccccc1Oc1ccccc1N. The summed E-state index contributed by atoms with van der Waals surface area (Å²) in [5.74, 6) is 6.62. The van der Waals surface area contributed by atoms with Crippen LogP contribution in [0.3, 0.4) is 0 Å². The van der Waals surface area contributed by atoms with Crippen LogP contribution in [-0.4, -0.2) is 0 Å². The number of hydrogen-bond acceptors (Lipinski definition) is 9. The Morgan fingerprint density at radius 2 is 0.298 bits per heavy atom. The first-order chi connectivity index (χ1) is 28.1. The van der Waals surface area contributed by atoms with Gasteiger partial charge in [0, 0.05) is 0 Å². The minimum Gasteiger partial charge on any atom is -0.451 e. The standard InChI is InChI=1S/C48H36N2O7/c49-33-17-1-3-19-35(33)51-37-21-5-7-23-39(37)53-41-25-9-11-27-43(41)55-45-29-13-15-31-47(45)57-48-32-16-14-30-46(48)56-44-28-12-10-26-42(44)54-40-24-8-6-22-38(40)52-36-20-4-2-18-34(36)50/h1-32H,49-50H2. The van der Waals surface area contributed by atoms with Crippen molar-refractivity contribution in [3.63, 3.8) is 0 Å². The number of ether oxygens (including phenoxy) is 7. The van der Waals surface area contributed by atoms with E-state index in [0.717, 1.165) is 0 Å². The van der Waals surface area contributed by atoms with E-state index in [2.05, 4.69) is 0 Å². The lowest BCUT2D eigenvalue weighted by Crippen LogP contribution is -1.96. The van der Waals surface area contributed by atoms with Crippen LogP contribution >= 0.6 is 0 Å². The molecule has 4 N–H and O–H groups in total. The number of nitrogens with two attached hydrogens (primary N) is 2. The van der Waals surface area contributed by atoms with E-state index in [1.54, 1.807) is 24.3 Å². The van der Waals surface area contributed by atoms with Gasteiger partial charge < -0.3 is 44.6 Å². The molecule has 0 saturated heterocycles. The predicted octanol–water partition coefficient (Wildman–Crippen LogP) is 13.4. The van der Waals surface area contributed by atoms with Crippen LogP contribution in [0.2, 0.25) is 0 Å². The molecule has 0 saturated carbocycles. The van der Waals surface area contributed by atoms with Crippen LogP contribution in [0.25, 0.3) is 0 Å². The summed E-state index contributed by atoms with van der Waals surface area (Å²) in [5, 5.41) is 0. The number of nitrogen functional groups attached to an aromatic ring is 2. The van der Waals surface area contributed by atoms with E-state index in [-0.39, 0.29) is 0 Å². The Bertz CT molecular complexity index is 2450. The van der Waals surface area contributed by atoms with Crippen molar-refractivity contribution in [3.8, 4) is 80.5 Å². The quantitative estimate of drug-likeness (QED) is 0.105. The van der Waals surface area contributed by atoms with Gasteiger partial charge in [-0.05, 0) is 97.1 Å². The summed E-state index contributed by atoms with van der Waals surface area (Å²) in [7, 11) is 0. The predicted molar refractivity (Wildman–Crippen MR) is 221 cm³/mol. The second-order valence-electron chi connectivity index (χ2n) is 12.5. The summed E-state index contributed by atoms with van der Waals surface area (Å²) in [5.41, 5.74) is 13.3. The minimum atomic E-state index is 0.447. The van der Waals surface area contributed by atoms with Crippen molar-refractivity contribution in [1.82, 2.24) is 0 Å². The first-order valence-corrected chi connectivity index (χ1v) is 18.1. The van der Waals surface area contributed by atoms with Gasteiger partial charge in [-0.3, -0.25) is 0 Å². The third kappa shape index (κ3) is 8.69. The molecule has 0 spiro atoms. The molecule has 0 amide bonds. The normalized spacial score (nSPS) is 10.6. The lowest BCUT2D eigenvalue weighted by molar-refractivity contribution is 0.369. The largest absolute Gasteiger partial charge is 0.451 e. The van der Waals surface area contributed by atoms with E-state index in [4.69, 9.17) is 44.6 Å². The fraction of sp³-hybridized carbons (Fsp3) is 0. The molecule has 0 unspecified atom stereocenters. The Labute approximate surface area is 329 Å². The van der Waals surface area contributed by atoms with E-state index in [1.165, 1.54) is 0 Å². The summed E-state index contributed by atoms with van der Waals surface area (Å²) in [4.78, 5) is 0. The summed E-state index contributed by atoms with van der Waals surface area (Å²) < 4.78 is 44.5. The highest BCUT2D eigenvalue weighted by atomic mass is 16.6. The molecule has 8 aromatic carbocycles. The van der Waals surface area contributed by atoms with E-state index < -0.39 is 0 Å². The second-order valence-corrected chi connectivity index (χ2v) is 12.5. The molecule has 0 bridgehead atoms. The van der Waals surface area contributed by atoms with Crippen molar-refractivity contribution in [2.24, 2.45) is 0 Å². The lowest BCUT2D eigenvalue weighted by Gasteiger charge is -2.18. The Kier molecular flexibility index (Phi) is 10.7. The number of anilines is 2. The van der Waals surface area contributed by atoms with Gasteiger partial charge in [0.2, 0.25) is 0 Å². The maximum atomic E-state index is 6.50. The zero-order valence-electron chi connectivity index (χ0n) is 30.5. The summed E-state index contributed by atoms with van der Waals surface area (Å²) in [6.45, 7) is 0. The fourth-order valence-electron chi connectivity index (χ4n) is 5.69. The lowest BCUT2D eigenvalue weighted by atomic mass is 10.2. The Hall–Kier alpha value is -8.04. The van der Waals surface area contributed by atoms with Crippen LogP contribution in [-0.2, 0) is 0 Å². The van der Waals surface area contributed by atoms with Crippen molar-refractivity contribution in [2.75, 3.05) is 11.5 Å². The first kappa shape index (κ1) is 36.0. The molecule has 0 atom stereocenters. The number of benzene rings is 8. The maximum Gasteiger partial charge on any atom is 0.170 e. The van der Waals surface area contributed by atoms with E-state index in [0.29, 0.717) is 91.9 Å². The third-order valence-electron chi connectivity index (χ3n) is 8.47. The van der Waals surface area contributed by atoms with E-state index in [1.807, 2.05) is 170 Å². The van der Waals surface area contributed by atoms with Crippen LogP contribution in [0.15, 0.2) is 194 Å². The van der Waals surface area contributed by atoms with E-state index >= 15 is 0 Å². The minimum absolute atomic E-state index is 0.447. The molecule has 57 heavy (non-hydrogen) atoms. The molecule has 0 aliphatic heterocycles. The molecule has 0 fully saturated rings. The van der Waals surface area contributed by atoms with Crippen molar-refractivity contribution in [2.45, 2.75) is 0 Å². The van der Waals surface area contributed by atoms with Gasteiger partial charge in [0.15, 0.2) is 80.5 Å². The Balaban J connectivity index is 1.02. The molecule has 8 aromatic rings. The third-order valence-corrected chi connectivity index (χ3v) is 8.47. The van der Waals surface area contributed by atoms with Gasteiger partial charge in [0.1, 0.15) is 0 Å². The zero-order valence-corrected chi connectivity index (χ0v) is 30.5. The van der Waals surface area contributed by atoms with Crippen LogP contribution in [0.4, 0.5) is 11.4 Å². The molecular formula is C48H36N2O7. The Morgan fingerprint density at radius 3 is 0.456 bits per heavy atom. The van der Waals surface area contributed by atoms with Crippen molar-refractivity contribution >= 4 is 11.4 Å². The smallest absolute Gasteiger partial charge is 0.170 e. The molecule has 9 nitrogen and oxygen atoms in total. The average Bonchev–Trinajstić information content (AvgIpc) is 3.24. The van der Waals surface area contributed by atoms with Gasteiger partial charge >= 0.3 is 0 Å². The topological polar surface area (TPSA) is 117 Å². The molecule has 8 rings (SSSR count). The highest BCUT2D eigenvalue weighted by Crippen LogP contribution is 2.45. The van der Waals surface area contributed by atoms with Gasteiger partial charge in [0.05, 0.1) is 11.4 Å². The van der Waals surface area contributed by atoms with Crippen LogP contribution in [0.1, 0.15) is 0 Å². The summed E-state index contributed by atoms with van der Waals surface area (Å²) in [6, 6.07) is 58.7. The molecule has 9 heteroatoms. The van der Waals surface area contributed by atoms with Gasteiger partial charge in [0.25, 0.3) is 0 Å². The van der Waals surface area contributed by atoms with Crippen LogP contribution < -0.4 is 44.6 Å². The van der Waals surface area contributed by atoms with Gasteiger partial charge in [-0.15, -0.1) is 0 Å². The van der Waals surface area contributed by atoms with Gasteiger partial charge in [-0.25, -0.2) is 0 Å². The van der Waals surface area contributed by atoms with Gasteiger partial charge in [-0.1, -0.05) is 97.1 Å². The average molecular weight is 753 g/mol. The monoisotopic (exact) mass is 752 g/mol. The van der Waals surface area contributed by atoms with Crippen LogP contribution in [0.5, 0.6) is 80.5 Å². The zero-order chi connectivity index (χ0) is 38.8. The summed E-state index contributed by atoms with van der Waals surface area (Å²) >= 11 is 0. The van der Waals surface area contributed by atoms with Crippen molar-refractivity contribution < 1.29 is 33.2 Å². The molecule has 0 radical (unpaired) electrons. The number of para-hydroxylation sites is 16. The van der Waals surface area contributed by atoms with Crippen LogP contribution in [0, 0.1) is 0 Å². The molecular weight excluding hydrogens is 717 g/mol. The molecule has 0 aliphatic carbocycles. The Morgan fingerprint density at radius 1 is 0.175 bits per heavy atom. The second kappa shape index (κ2) is 17.0. The molecule has 0 heterocycles. The molecule has 0 aromatic heterocycles.